The molecule has 1 atom stereocenters. The van der Waals surface area contributed by atoms with Gasteiger partial charge in [0.05, 0.1) is 6.42 Å². The molecule has 0 aliphatic carbocycles. The summed E-state index contributed by atoms with van der Waals surface area (Å²) in [5, 5.41) is 5.65. The lowest BCUT2D eigenvalue weighted by atomic mass is 10.1. The van der Waals surface area contributed by atoms with E-state index in [0.29, 0.717) is 13.0 Å². The Morgan fingerprint density at radius 1 is 1.04 bits per heavy atom. The van der Waals surface area contributed by atoms with Crippen molar-refractivity contribution >= 4 is 11.8 Å². The van der Waals surface area contributed by atoms with Gasteiger partial charge in [-0.3, -0.25) is 9.59 Å². The SMILES string of the molecule is O=C(Cc1ccc(Oc2ccccc2)cc1)NC1CCCCNC1=O. The maximum atomic E-state index is 12.2. The average molecular weight is 338 g/mol. The molecule has 1 unspecified atom stereocenters. The first-order valence-corrected chi connectivity index (χ1v) is 8.59. The van der Waals surface area contributed by atoms with Crippen LogP contribution in [0, 0.1) is 0 Å². The first kappa shape index (κ1) is 17.0. The van der Waals surface area contributed by atoms with Gasteiger partial charge in [0.25, 0.3) is 0 Å². The van der Waals surface area contributed by atoms with Crippen LogP contribution in [-0.4, -0.2) is 24.4 Å². The van der Waals surface area contributed by atoms with E-state index in [2.05, 4.69) is 10.6 Å². The molecule has 130 valence electrons. The molecule has 0 aromatic heterocycles. The highest BCUT2D eigenvalue weighted by atomic mass is 16.5. The van der Waals surface area contributed by atoms with Crippen molar-refractivity contribution in [3.05, 3.63) is 60.2 Å². The molecule has 3 rings (SSSR count). The first-order valence-electron chi connectivity index (χ1n) is 8.59. The number of rotatable bonds is 5. The van der Waals surface area contributed by atoms with Crippen molar-refractivity contribution in [3.63, 3.8) is 0 Å². The van der Waals surface area contributed by atoms with Gasteiger partial charge in [0.1, 0.15) is 17.5 Å². The normalized spacial score (nSPS) is 17.3. The zero-order valence-electron chi connectivity index (χ0n) is 14.0. The minimum absolute atomic E-state index is 0.0857. The fourth-order valence-electron chi connectivity index (χ4n) is 2.81. The van der Waals surface area contributed by atoms with Crippen LogP contribution in [0.15, 0.2) is 54.6 Å². The summed E-state index contributed by atoms with van der Waals surface area (Å²) in [6, 6.07) is 16.5. The molecular weight excluding hydrogens is 316 g/mol. The molecule has 0 saturated carbocycles. The summed E-state index contributed by atoms with van der Waals surface area (Å²) in [7, 11) is 0. The van der Waals surface area contributed by atoms with Crippen LogP contribution in [0.2, 0.25) is 0 Å². The van der Waals surface area contributed by atoms with Crippen LogP contribution in [0.1, 0.15) is 24.8 Å². The van der Waals surface area contributed by atoms with Gasteiger partial charge in [-0.25, -0.2) is 0 Å². The maximum Gasteiger partial charge on any atom is 0.242 e. The molecule has 2 N–H and O–H groups in total. The summed E-state index contributed by atoms with van der Waals surface area (Å²) in [4.78, 5) is 24.1. The molecule has 5 heteroatoms. The van der Waals surface area contributed by atoms with Crippen LogP contribution in [-0.2, 0) is 16.0 Å². The monoisotopic (exact) mass is 338 g/mol. The van der Waals surface area contributed by atoms with Gasteiger partial charge >= 0.3 is 0 Å². The van der Waals surface area contributed by atoms with E-state index in [4.69, 9.17) is 4.74 Å². The van der Waals surface area contributed by atoms with Crippen molar-refractivity contribution in [2.24, 2.45) is 0 Å². The molecule has 2 amide bonds. The molecular formula is C20H22N2O3. The predicted molar refractivity (Wildman–Crippen MR) is 95.5 cm³/mol. The minimum atomic E-state index is -0.421. The Morgan fingerprint density at radius 3 is 2.52 bits per heavy atom. The van der Waals surface area contributed by atoms with E-state index in [9.17, 15) is 9.59 Å². The van der Waals surface area contributed by atoms with E-state index >= 15 is 0 Å². The zero-order chi connectivity index (χ0) is 17.5. The Kier molecular flexibility index (Phi) is 5.67. The van der Waals surface area contributed by atoms with Gasteiger partial charge < -0.3 is 15.4 Å². The van der Waals surface area contributed by atoms with Crippen LogP contribution < -0.4 is 15.4 Å². The van der Waals surface area contributed by atoms with Crippen molar-refractivity contribution in [2.45, 2.75) is 31.7 Å². The van der Waals surface area contributed by atoms with E-state index < -0.39 is 6.04 Å². The van der Waals surface area contributed by atoms with Gasteiger partial charge in [-0.15, -0.1) is 0 Å². The quantitative estimate of drug-likeness (QED) is 0.881. The molecule has 1 heterocycles. The number of nitrogens with one attached hydrogen (secondary N) is 2. The topological polar surface area (TPSA) is 67.4 Å². The van der Waals surface area contributed by atoms with Gasteiger partial charge in [0.15, 0.2) is 0 Å². The van der Waals surface area contributed by atoms with E-state index in [1.54, 1.807) is 0 Å². The van der Waals surface area contributed by atoms with E-state index in [0.717, 1.165) is 29.9 Å². The smallest absolute Gasteiger partial charge is 0.242 e. The molecule has 5 nitrogen and oxygen atoms in total. The summed E-state index contributed by atoms with van der Waals surface area (Å²) in [6.07, 6.45) is 2.84. The highest BCUT2D eigenvalue weighted by Crippen LogP contribution is 2.21. The third kappa shape index (κ3) is 5.08. The minimum Gasteiger partial charge on any atom is -0.457 e. The van der Waals surface area contributed by atoms with Gasteiger partial charge in [-0.2, -0.15) is 0 Å². The van der Waals surface area contributed by atoms with Crippen LogP contribution >= 0.6 is 0 Å². The lowest BCUT2D eigenvalue weighted by Gasteiger charge is -2.15. The number of para-hydroxylation sites is 1. The second kappa shape index (κ2) is 8.33. The summed E-state index contributed by atoms with van der Waals surface area (Å²) < 4.78 is 5.73. The predicted octanol–water partition coefficient (Wildman–Crippen LogP) is 2.81. The van der Waals surface area contributed by atoms with Gasteiger partial charge in [0, 0.05) is 6.54 Å². The van der Waals surface area contributed by atoms with Crippen LogP contribution in [0.25, 0.3) is 0 Å². The van der Waals surface area contributed by atoms with Crippen molar-refractivity contribution in [1.29, 1.82) is 0 Å². The Morgan fingerprint density at radius 2 is 1.76 bits per heavy atom. The molecule has 2 aromatic rings. The standard InChI is InChI=1S/C20H22N2O3/c23-19(22-18-8-4-5-13-21-20(18)24)14-15-9-11-17(12-10-15)25-16-6-2-1-3-7-16/h1-3,6-7,9-12,18H,4-5,8,13-14H2,(H,21,24)(H,22,23). The van der Waals surface area contributed by atoms with Gasteiger partial charge in [-0.1, -0.05) is 30.3 Å². The van der Waals surface area contributed by atoms with E-state index in [-0.39, 0.29) is 18.2 Å². The third-order valence-corrected chi connectivity index (χ3v) is 4.14. The Labute approximate surface area is 147 Å². The number of amides is 2. The van der Waals surface area contributed by atoms with E-state index in [1.165, 1.54) is 0 Å². The Bertz CT molecular complexity index is 713. The summed E-state index contributed by atoms with van der Waals surface area (Å²) in [5.74, 6) is 1.27. The second-order valence-corrected chi connectivity index (χ2v) is 6.14. The fraction of sp³-hybridized carbons (Fsp3) is 0.300. The zero-order valence-corrected chi connectivity index (χ0v) is 14.0. The highest BCUT2D eigenvalue weighted by Gasteiger charge is 2.22. The van der Waals surface area contributed by atoms with E-state index in [1.807, 2.05) is 54.6 Å². The van der Waals surface area contributed by atoms with Crippen molar-refractivity contribution < 1.29 is 14.3 Å². The summed E-state index contributed by atoms with van der Waals surface area (Å²) in [6.45, 7) is 0.689. The second-order valence-electron chi connectivity index (χ2n) is 6.14. The molecule has 0 radical (unpaired) electrons. The third-order valence-electron chi connectivity index (χ3n) is 4.14. The fourth-order valence-corrected chi connectivity index (χ4v) is 2.81. The van der Waals surface area contributed by atoms with Crippen molar-refractivity contribution in [3.8, 4) is 11.5 Å². The number of carbonyl (C=O) groups is 2. The van der Waals surface area contributed by atoms with Gasteiger partial charge in [-0.05, 0) is 49.1 Å². The number of carbonyl (C=O) groups excluding carboxylic acids is 2. The summed E-state index contributed by atoms with van der Waals surface area (Å²) >= 11 is 0. The van der Waals surface area contributed by atoms with Crippen molar-refractivity contribution in [2.75, 3.05) is 6.54 Å². The molecule has 1 saturated heterocycles. The largest absolute Gasteiger partial charge is 0.457 e. The molecule has 1 aliphatic rings. The number of benzene rings is 2. The highest BCUT2D eigenvalue weighted by molar-refractivity contribution is 5.88. The van der Waals surface area contributed by atoms with Crippen molar-refractivity contribution in [1.82, 2.24) is 10.6 Å². The molecule has 25 heavy (non-hydrogen) atoms. The van der Waals surface area contributed by atoms with Crippen LogP contribution in [0.4, 0.5) is 0 Å². The molecule has 1 fully saturated rings. The average Bonchev–Trinajstić information content (AvgIpc) is 2.82. The maximum absolute atomic E-state index is 12.2. The molecule has 0 bridgehead atoms. The Balaban J connectivity index is 1.54. The van der Waals surface area contributed by atoms with Crippen LogP contribution in [0.5, 0.6) is 11.5 Å². The number of ether oxygens (including phenoxy) is 1. The Hall–Kier alpha value is -2.82. The van der Waals surface area contributed by atoms with Gasteiger partial charge in [0.2, 0.25) is 11.8 Å². The molecule has 2 aromatic carbocycles. The number of hydrogen-bond donors (Lipinski definition) is 2. The molecule has 0 spiro atoms. The lowest BCUT2D eigenvalue weighted by Crippen LogP contribution is -2.45. The lowest BCUT2D eigenvalue weighted by molar-refractivity contribution is -0.128. The summed E-state index contributed by atoms with van der Waals surface area (Å²) in [5.41, 5.74) is 0.881. The first-order chi connectivity index (χ1) is 12.2. The molecule has 1 aliphatic heterocycles. The van der Waals surface area contributed by atoms with Crippen LogP contribution in [0.3, 0.4) is 0 Å². The number of hydrogen-bond acceptors (Lipinski definition) is 3.